The lowest BCUT2D eigenvalue weighted by Gasteiger charge is -2.25. The highest BCUT2D eigenvalue weighted by Crippen LogP contribution is 2.21. The summed E-state index contributed by atoms with van der Waals surface area (Å²) in [5.41, 5.74) is 0. The number of benzene rings is 1. The first kappa shape index (κ1) is 15.2. The summed E-state index contributed by atoms with van der Waals surface area (Å²) in [7, 11) is 0. The van der Waals surface area contributed by atoms with Gasteiger partial charge in [-0.2, -0.15) is 0 Å². The predicted octanol–water partition coefficient (Wildman–Crippen LogP) is 3.77. The van der Waals surface area contributed by atoms with Crippen LogP contribution in [0.2, 0.25) is 0 Å². The Hall–Kier alpha value is -1.22. The first-order chi connectivity index (χ1) is 9.78. The molecule has 1 fully saturated rings. The maximum absolute atomic E-state index is 5.95. The molecule has 0 aliphatic heterocycles. The maximum Gasteiger partial charge on any atom is 0.123 e. The molecule has 2 rings (SSSR count). The minimum atomic E-state index is 0.175. The van der Waals surface area contributed by atoms with Crippen molar-refractivity contribution in [2.45, 2.75) is 58.1 Å². The molecule has 112 valence electrons. The second-order valence-corrected chi connectivity index (χ2v) is 5.58. The molecule has 20 heavy (non-hydrogen) atoms. The third-order valence-electron chi connectivity index (χ3n) is 3.75. The van der Waals surface area contributed by atoms with Gasteiger partial charge < -0.3 is 14.8 Å². The quantitative estimate of drug-likeness (QED) is 0.823. The highest BCUT2D eigenvalue weighted by atomic mass is 16.5. The van der Waals surface area contributed by atoms with Crippen LogP contribution < -0.4 is 14.8 Å². The smallest absolute Gasteiger partial charge is 0.123 e. The van der Waals surface area contributed by atoms with Gasteiger partial charge in [0.1, 0.15) is 17.6 Å². The normalized spacial score (nSPS) is 17.7. The average Bonchev–Trinajstić information content (AvgIpc) is 2.47. The molecular weight excluding hydrogens is 250 g/mol. The zero-order valence-corrected chi connectivity index (χ0v) is 12.7. The monoisotopic (exact) mass is 277 g/mol. The Morgan fingerprint density at radius 3 is 2.70 bits per heavy atom. The van der Waals surface area contributed by atoms with Crippen LogP contribution in [0.3, 0.4) is 0 Å². The molecule has 1 aliphatic carbocycles. The second kappa shape index (κ2) is 8.15. The number of nitrogens with one attached hydrogen (secondary N) is 1. The van der Waals surface area contributed by atoms with Crippen LogP contribution in [0.15, 0.2) is 24.3 Å². The van der Waals surface area contributed by atoms with Crippen molar-refractivity contribution in [2.24, 2.45) is 0 Å². The summed E-state index contributed by atoms with van der Waals surface area (Å²) in [4.78, 5) is 0. The van der Waals surface area contributed by atoms with Crippen LogP contribution in [-0.2, 0) is 0 Å². The summed E-state index contributed by atoms with van der Waals surface area (Å²) < 4.78 is 11.4. The van der Waals surface area contributed by atoms with Crippen molar-refractivity contribution in [3.05, 3.63) is 24.3 Å². The van der Waals surface area contributed by atoms with Crippen LogP contribution in [0, 0.1) is 0 Å². The van der Waals surface area contributed by atoms with E-state index in [2.05, 4.69) is 12.2 Å². The Kier molecular flexibility index (Phi) is 6.19. The van der Waals surface area contributed by atoms with Gasteiger partial charge in [-0.1, -0.05) is 25.3 Å². The topological polar surface area (TPSA) is 30.5 Å². The van der Waals surface area contributed by atoms with Crippen LogP contribution in [0.1, 0.15) is 46.0 Å². The fourth-order valence-corrected chi connectivity index (χ4v) is 2.72. The molecule has 0 spiro atoms. The van der Waals surface area contributed by atoms with E-state index < -0.39 is 0 Å². The average molecular weight is 277 g/mol. The van der Waals surface area contributed by atoms with E-state index in [1.54, 1.807) is 0 Å². The van der Waals surface area contributed by atoms with Crippen LogP contribution in [0.4, 0.5) is 0 Å². The van der Waals surface area contributed by atoms with Gasteiger partial charge in [0.25, 0.3) is 0 Å². The van der Waals surface area contributed by atoms with Gasteiger partial charge in [0, 0.05) is 18.7 Å². The Morgan fingerprint density at radius 1 is 1.20 bits per heavy atom. The third kappa shape index (κ3) is 5.04. The van der Waals surface area contributed by atoms with Gasteiger partial charge >= 0.3 is 0 Å². The zero-order valence-electron chi connectivity index (χ0n) is 12.7. The van der Waals surface area contributed by atoms with Crippen LogP contribution >= 0.6 is 0 Å². The molecule has 1 unspecified atom stereocenters. The Labute approximate surface area is 122 Å². The number of hydrogen-bond acceptors (Lipinski definition) is 3. The summed E-state index contributed by atoms with van der Waals surface area (Å²) in [6, 6.07) is 8.56. The van der Waals surface area contributed by atoms with Crippen LogP contribution in [0.25, 0.3) is 0 Å². The fourth-order valence-electron chi connectivity index (χ4n) is 2.72. The standard InChI is InChI=1S/C17H27NO2/c1-3-19-16-10-7-11-17(12-16)20-14(2)13-18-15-8-5-4-6-9-15/h7,10-12,14-15,18H,3-6,8-9,13H2,1-2H3. The second-order valence-electron chi connectivity index (χ2n) is 5.58. The lowest BCUT2D eigenvalue weighted by molar-refractivity contribution is 0.204. The highest BCUT2D eigenvalue weighted by molar-refractivity contribution is 5.33. The molecule has 0 amide bonds. The van der Waals surface area contributed by atoms with E-state index in [9.17, 15) is 0 Å². The molecule has 0 heterocycles. The molecule has 0 aromatic heterocycles. The Balaban J connectivity index is 1.75. The zero-order chi connectivity index (χ0) is 14.2. The SMILES string of the molecule is CCOc1cccc(OC(C)CNC2CCCCC2)c1. The molecular formula is C17H27NO2. The molecule has 1 aliphatic rings. The van der Waals surface area contributed by atoms with Gasteiger partial charge in [0.15, 0.2) is 0 Å². The van der Waals surface area contributed by atoms with E-state index >= 15 is 0 Å². The molecule has 1 N–H and O–H groups in total. The van der Waals surface area contributed by atoms with E-state index in [1.807, 2.05) is 31.2 Å². The number of hydrogen-bond donors (Lipinski definition) is 1. The summed E-state index contributed by atoms with van der Waals surface area (Å²) in [6.07, 6.45) is 6.92. The number of rotatable bonds is 7. The molecule has 1 aromatic rings. The highest BCUT2D eigenvalue weighted by Gasteiger charge is 2.14. The Morgan fingerprint density at radius 2 is 1.95 bits per heavy atom. The molecule has 0 bridgehead atoms. The molecule has 1 saturated carbocycles. The summed E-state index contributed by atoms with van der Waals surface area (Å²) in [6.45, 7) is 5.69. The maximum atomic E-state index is 5.95. The summed E-state index contributed by atoms with van der Waals surface area (Å²) in [5.74, 6) is 1.76. The van der Waals surface area contributed by atoms with Gasteiger partial charge in [-0.3, -0.25) is 0 Å². The van der Waals surface area contributed by atoms with E-state index in [-0.39, 0.29) is 6.10 Å². The first-order valence-electron chi connectivity index (χ1n) is 7.91. The molecule has 1 atom stereocenters. The fraction of sp³-hybridized carbons (Fsp3) is 0.647. The van der Waals surface area contributed by atoms with Crippen molar-refractivity contribution in [3.8, 4) is 11.5 Å². The first-order valence-corrected chi connectivity index (χ1v) is 7.91. The molecule has 0 saturated heterocycles. The Bertz CT molecular complexity index is 388. The van der Waals surface area contributed by atoms with Crippen molar-refractivity contribution < 1.29 is 9.47 Å². The third-order valence-corrected chi connectivity index (χ3v) is 3.75. The van der Waals surface area contributed by atoms with E-state index in [4.69, 9.17) is 9.47 Å². The van der Waals surface area contributed by atoms with Crippen molar-refractivity contribution in [1.29, 1.82) is 0 Å². The summed E-state index contributed by atoms with van der Waals surface area (Å²) in [5, 5.41) is 3.63. The van der Waals surface area contributed by atoms with Crippen LogP contribution in [-0.4, -0.2) is 25.3 Å². The van der Waals surface area contributed by atoms with E-state index in [0.717, 1.165) is 18.0 Å². The van der Waals surface area contributed by atoms with E-state index in [0.29, 0.717) is 12.6 Å². The van der Waals surface area contributed by atoms with Gasteiger partial charge in [-0.05, 0) is 38.8 Å². The van der Waals surface area contributed by atoms with Gasteiger partial charge in [-0.25, -0.2) is 0 Å². The van der Waals surface area contributed by atoms with Crippen molar-refractivity contribution in [3.63, 3.8) is 0 Å². The predicted molar refractivity (Wildman–Crippen MR) is 82.6 cm³/mol. The summed E-state index contributed by atoms with van der Waals surface area (Å²) >= 11 is 0. The molecule has 3 heteroatoms. The van der Waals surface area contributed by atoms with Gasteiger partial charge in [0.2, 0.25) is 0 Å². The van der Waals surface area contributed by atoms with Crippen LogP contribution in [0.5, 0.6) is 11.5 Å². The van der Waals surface area contributed by atoms with Crippen molar-refractivity contribution >= 4 is 0 Å². The minimum Gasteiger partial charge on any atom is -0.494 e. The van der Waals surface area contributed by atoms with E-state index in [1.165, 1.54) is 32.1 Å². The molecule has 1 aromatic carbocycles. The molecule has 3 nitrogen and oxygen atoms in total. The van der Waals surface area contributed by atoms with Crippen molar-refractivity contribution in [1.82, 2.24) is 5.32 Å². The van der Waals surface area contributed by atoms with Gasteiger partial charge in [-0.15, -0.1) is 0 Å². The molecule has 0 radical (unpaired) electrons. The largest absolute Gasteiger partial charge is 0.494 e. The lowest BCUT2D eigenvalue weighted by Crippen LogP contribution is -2.37. The van der Waals surface area contributed by atoms with Crippen molar-refractivity contribution in [2.75, 3.05) is 13.2 Å². The minimum absolute atomic E-state index is 0.175. The lowest BCUT2D eigenvalue weighted by atomic mass is 9.95. The number of ether oxygens (including phenoxy) is 2. The van der Waals surface area contributed by atoms with Gasteiger partial charge in [0.05, 0.1) is 6.61 Å².